The molecule has 1 aliphatic heterocycles. The summed E-state index contributed by atoms with van der Waals surface area (Å²) >= 11 is 0. The Morgan fingerprint density at radius 1 is 1.08 bits per heavy atom. The number of hydrogen-bond acceptors (Lipinski definition) is 8. The molecular weight excluding hydrogens is 324 g/mol. The Balaban J connectivity index is 2.51. The van der Waals surface area contributed by atoms with Gasteiger partial charge in [0, 0.05) is 0 Å². The standard InChI is InChI=1S/C15H26O9/c1-3-8(5-11(17)18)23-12(19)6-9(4-2)24-15-14(21)13(20)10(16)7-22-15/h8-10,13-16,20-21H,3-7H2,1-2H3,(H,17,18)/t8?,9?,10-,13+,14-,15?/m1/s1. The Bertz CT molecular complexity index is 414. The van der Waals surface area contributed by atoms with Gasteiger partial charge in [-0.25, -0.2) is 0 Å². The van der Waals surface area contributed by atoms with Crippen molar-refractivity contribution in [2.75, 3.05) is 6.61 Å². The maximum absolute atomic E-state index is 11.9. The largest absolute Gasteiger partial charge is 0.481 e. The average molecular weight is 350 g/mol. The molecule has 0 aromatic rings. The first-order chi connectivity index (χ1) is 11.3. The molecule has 1 fully saturated rings. The van der Waals surface area contributed by atoms with Gasteiger partial charge in [-0.15, -0.1) is 0 Å². The molecule has 0 spiro atoms. The van der Waals surface area contributed by atoms with Gasteiger partial charge in [0.2, 0.25) is 0 Å². The number of ether oxygens (including phenoxy) is 3. The normalized spacial score (nSPS) is 29.7. The lowest BCUT2D eigenvalue weighted by Crippen LogP contribution is -2.54. The molecule has 0 aromatic heterocycles. The van der Waals surface area contributed by atoms with E-state index in [-0.39, 0.29) is 19.4 Å². The van der Waals surface area contributed by atoms with Gasteiger partial charge in [0.25, 0.3) is 0 Å². The van der Waals surface area contributed by atoms with Crippen LogP contribution in [-0.4, -0.2) is 75.8 Å². The van der Waals surface area contributed by atoms with Crippen LogP contribution in [0, 0.1) is 0 Å². The first-order valence-corrected chi connectivity index (χ1v) is 8.00. The van der Waals surface area contributed by atoms with Crippen molar-refractivity contribution >= 4 is 11.9 Å². The predicted octanol–water partition coefficient (Wildman–Crippen LogP) is -0.593. The zero-order chi connectivity index (χ0) is 18.3. The first-order valence-electron chi connectivity index (χ1n) is 8.00. The van der Waals surface area contributed by atoms with E-state index < -0.39 is 48.7 Å². The van der Waals surface area contributed by atoms with Crippen molar-refractivity contribution in [3.05, 3.63) is 0 Å². The molecule has 4 N–H and O–H groups in total. The molecule has 0 amide bonds. The van der Waals surface area contributed by atoms with E-state index in [1.807, 2.05) is 0 Å². The summed E-state index contributed by atoms with van der Waals surface area (Å²) in [5.41, 5.74) is 0. The molecule has 1 saturated heterocycles. The number of aliphatic carboxylic acids is 1. The maximum Gasteiger partial charge on any atom is 0.308 e. The molecule has 0 aliphatic carbocycles. The van der Waals surface area contributed by atoms with E-state index >= 15 is 0 Å². The Morgan fingerprint density at radius 3 is 2.25 bits per heavy atom. The van der Waals surface area contributed by atoms with E-state index in [1.165, 1.54) is 0 Å². The van der Waals surface area contributed by atoms with Crippen molar-refractivity contribution in [2.24, 2.45) is 0 Å². The number of carbonyl (C=O) groups excluding carboxylic acids is 1. The molecule has 9 nitrogen and oxygen atoms in total. The smallest absolute Gasteiger partial charge is 0.308 e. The van der Waals surface area contributed by atoms with Crippen molar-refractivity contribution < 1.29 is 44.2 Å². The minimum absolute atomic E-state index is 0.141. The van der Waals surface area contributed by atoms with Gasteiger partial charge < -0.3 is 34.6 Å². The van der Waals surface area contributed by atoms with Crippen LogP contribution in [-0.2, 0) is 23.8 Å². The van der Waals surface area contributed by atoms with Crippen molar-refractivity contribution in [2.45, 2.75) is 76.3 Å². The van der Waals surface area contributed by atoms with Gasteiger partial charge >= 0.3 is 11.9 Å². The van der Waals surface area contributed by atoms with E-state index in [0.717, 1.165) is 0 Å². The first kappa shape index (κ1) is 20.8. The van der Waals surface area contributed by atoms with E-state index in [2.05, 4.69) is 0 Å². The van der Waals surface area contributed by atoms with E-state index in [1.54, 1.807) is 13.8 Å². The van der Waals surface area contributed by atoms with Gasteiger partial charge in [-0.1, -0.05) is 13.8 Å². The summed E-state index contributed by atoms with van der Waals surface area (Å²) in [7, 11) is 0. The fraction of sp³-hybridized carbons (Fsp3) is 0.867. The number of rotatable bonds is 9. The molecule has 0 radical (unpaired) electrons. The minimum Gasteiger partial charge on any atom is -0.481 e. The van der Waals surface area contributed by atoms with Crippen molar-refractivity contribution in [3.63, 3.8) is 0 Å². The second-order valence-corrected chi connectivity index (χ2v) is 5.74. The third-order valence-electron chi connectivity index (χ3n) is 3.79. The van der Waals surface area contributed by atoms with Gasteiger partial charge in [0.15, 0.2) is 6.29 Å². The van der Waals surface area contributed by atoms with Crippen molar-refractivity contribution in [1.82, 2.24) is 0 Å². The number of carboxylic acids is 1. The summed E-state index contributed by atoms with van der Waals surface area (Å²) in [6.45, 7) is 3.28. The summed E-state index contributed by atoms with van der Waals surface area (Å²) in [5.74, 6) is -1.66. The van der Waals surface area contributed by atoms with Crippen LogP contribution in [0.25, 0.3) is 0 Å². The Labute approximate surface area is 140 Å². The molecule has 0 saturated carbocycles. The second kappa shape index (κ2) is 9.90. The number of esters is 1. The molecule has 1 heterocycles. The molecule has 6 atom stereocenters. The highest BCUT2D eigenvalue weighted by molar-refractivity contribution is 5.71. The van der Waals surface area contributed by atoms with Gasteiger partial charge in [-0.05, 0) is 12.8 Å². The summed E-state index contributed by atoms with van der Waals surface area (Å²) in [4.78, 5) is 22.6. The Hall–Kier alpha value is -1.26. The number of carboxylic acid groups (broad SMARTS) is 1. The maximum atomic E-state index is 11.9. The molecule has 1 rings (SSSR count). The molecule has 140 valence electrons. The number of aliphatic hydroxyl groups is 3. The van der Waals surface area contributed by atoms with Crippen molar-refractivity contribution in [1.29, 1.82) is 0 Å². The molecule has 24 heavy (non-hydrogen) atoms. The lowest BCUT2D eigenvalue weighted by Gasteiger charge is -2.36. The number of aliphatic hydroxyl groups excluding tert-OH is 3. The highest BCUT2D eigenvalue weighted by Gasteiger charge is 2.39. The van der Waals surface area contributed by atoms with Crippen LogP contribution < -0.4 is 0 Å². The second-order valence-electron chi connectivity index (χ2n) is 5.74. The van der Waals surface area contributed by atoms with E-state index in [0.29, 0.717) is 12.8 Å². The van der Waals surface area contributed by atoms with Crippen LogP contribution >= 0.6 is 0 Å². The Morgan fingerprint density at radius 2 is 1.71 bits per heavy atom. The van der Waals surface area contributed by atoms with Crippen LogP contribution in [0.5, 0.6) is 0 Å². The van der Waals surface area contributed by atoms with Crippen LogP contribution in [0.15, 0.2) is 0 Å². The zero-order valence-corrected chi connectivity index (χ0v) is 13.8. The molecule has 1 aliphatic rings. The third-order valence-corrected chi connectivity index (χ3v) is 3.79. The van der Waals surface area contributed by atoms with E-state index in [4.69, 9.17) is 19.3 Å². The highest BCUT2D eigenvalue weighted by Crippen LogP contribution is 2.20. The molecule has 9 heteroatoms. The lowest BCUT2D eigenvalue weighted by atomic mass is 10.1. The molecule has 3 unspecified atom stereocenters. The van der Waals surface area contributed by atoms with Gasteiger partial charge in [0.1, 0.15) is 24.4 Å². The van der Waals surface area contributed by atoms with Gasteiger partial charge in [0.05, 0.1) is 25.6 Å². The van der Waals surface area contributed by atoms with E-state index in [9.17, 15) is 24.9 Å². The fourth-order valence-electron chi connectivity index (χ4n) is 2.26. The SMILES string of the molecule is CCC(CC(=O)O)OC(=O)CC(CC)OC1OC[C@@H](O)[C@H](O)[C@H]1O. The summed E-state index contributed by atoms with van der Waals surface area (Å²) in [6.07, 6.45) is -6.16. The lowest BCUT2D eigenvalue weighted by molar-refractivity contribution is -0.283. The topological polar surface area (TPSA) is 143 Å². The molecule has 0 aromatic carbocycles. The molecular formula is C15H26O9. The molecule has 0 bridgehead atoms. The number of carbonyl (C=O) groups is 2. The van der Waals surface area contributed by atoms with Gasteiger partial charge in [-0.2, -0.15) is 0 Å². The summed E-state index contributed by atoms with van der Waals surface area (Å²) in [5, 5.41) is 37.6. The van der Waals surface area contributed by atoms with Gasteiger partial charge in [-0.3, -0.25) is 9.59 Å². The zero-order valence-electron chi connectivity index (χ0n) is 13.8. The van der Waals surface area contributed by atoms with Crippen LogP contribution in [0.3, 0.4) is 0 Å². The number of hydrogen-bond donors (Lipinski definition) is 4. The van der Waals surface area contributed by atoms with Crippen molar-refractivity contribution in [3.8, 4) is 0 Å². The average Bonchev–Trinajstić information content (AvgIpc) is 2.53. The highest BCUT2D eigenvalue weighted by atomic mass is 16.7. The summed E-state index contributed by atoms with van der Waals surface area (Å²) < 4.78 is 15.7. The predicted molar refractivity (Wildman–Crippen MR) is 80.0 cm³/mol. The quantitative estimate of drug-likeness (QED) is 0.401. The van der Waals surface area contributed by atoms with Crippen LogP contribution in [0.4, 0.5) is 0 Å². The minimum atomic E-state index is -1.44. The third kappa shape index (κ3) is 6.33. The fourth-order valence-corrected chi connectivity index (χ4v) is 2.26. The van der Waals surface area contributed by atoms with Crippen LogP contribution in [0.2, 0.25) is 0 Å². The Kier molecular flexibility index (Phi) is 8.57. The monoisotopic (exact) mass is 350 g/mol. The summed E-state index contributed by atoms with van der Waals surface area (Å²) in [6, 6.07) is 0. The van der Waals surface area contributed by atoms with Crippen LogP contribution in [0.1, 0.15) is 39.5 Å².